The third-order valence-corrected chi connectivity index (χ3v) is 7.22. The summed E-state index contributed by atoms with van der Waals surface area (Å²) in [5.74, 6) is -1.59. The first-order chi connectivity index (χ1) is 17.7. The van der Waals surface area contributed by atoms with Gasteiger partial charge in [-0.3, -0.25) is 14.3 Å². The fourth-order valence-corrected chi connectivity index (χ4v) is 5.10. The first kappa shape index (κ1) is 24.8. The Labute approximate surface area is 217 Å². The molecule has 1 unspecified atom stereocenters. The van der Waals surface area contributed by atoms with Crippen molar-refractivity contribution in [3.8, 4) is 16.9 Å². The van der Waals surface area contributed by atoms with Crippen molar-refractivity contribution in [3.63, 3.8) is 0 Å². The zero-order valence-corrected chi connectivity index (χ0v) is 21.1. The fraction of sp³-hybridized carbons (Fsp3) is 0.207. The molecule has 1 aliphatic rings. The second-order valence-corrected chi connectivity index (χ2v) is 9.59. The van der Waals surface area contributed by atoms with Crippen LogP contribution in [-0.2, 0) is 4.74 Å². The van der Waals surface area contributed by atoms with Gasteiger partial charge in [0.15, 0.2) is 0 Å². The quantitative estimate of drug-likeness (QED) is 0.282. The highest BCUT2D eigenvalue weighted by Gasteiger charge is 2.41. The molecule has 37 heavy (non-hydrogen) atoms. The number of esters is 1. The van der Waals surface area contributed by atoms with Crippen LogP contribution in [0, 0.1) is 25.5 Å². The largest absolute Gasteiger partial charge is 0.465 e. The zero-order valence-electron chi connectivity index (χ0n) is 20.4. The Kier molecular flexibility index (Phi) is 6.42. The molecule has 0 saturated heterocycles. The van der Waals surface area contributed by atoms with E-state index in [0.717, 1.165) is 17.5 Å². The molecule has 0 aliphatic heterocycles. The molecule has 0 radical (unpaired) electrons. The summed E-state index contributed by atoms with van der Waals surface area (Å²) in [6, 6.07) is 14.3. The normalized spacial score (nSPS) is 16.5. The summed E-state index contributed by atoms with van der Waals surface area (Å²) in [5.41, 5.74) is 3.42. The minimum absolute atomic E-state index is 0.0725. The Hall–Kier alpha value is -3.84. The minimum atomic E-state index is -0.792. The van der Waals surface area contributed by atoms with Gasteiger partial charge in [0.2, 0.25) is 0 Å². The van der Waals surface area contributed by atoms with Gasteiger partial charge in [-0.2, -0.15) is 0 Å². The standard InChI is InChI=1S/C29H23ClF2N2O3/c1-15-14-33-24(19-5-4-6-20(27(19)32)29(36)37-3)13-25(15)34-16(2)11-23(26(30)28(34)35)22-12-21(22)17-7-9-18(31)10-8-17/h4-11,13-14,21-22H,12H2,1-3H3/t21?,22-/m1/s1. The molecule has 1 fully saturated rings. The molecule has 0 bridgehead atoms. The molecular formula is C29H23ClF2N2O3. The summed E-state index contributed by atoms with van der Waals surface area (Å²) in [5, 5.41) is 0.122. The van der Waals surface area contributed by atoms with Gasteiger partial charge in [-0.05, 0) is 85.2 Å². The summed E-state index contributed by atoms with van der Waals surface area (Å²) < 4.78 is 34.6. The van der Waals surface area contributed by atoms with Crippen LogP contribution in [0.1, 0.15) is 51.0 Å². The molecular weight excluding hydrogens is 498 g/mol. The molecule has 1 aliphatic carbocycles. The van der Waals surface area contributed by atoms with Gasteiger partial charge in [-0.25, -0.2) is 13.6 Å². The van der Waals surface area contributed by atoms with E-state index in [1.165, 1.54) is 35.9 Å². The number of rotatable bonds is 5. The lowest BCUT2D eigenvalue weighted by Gasteiger charge is -2.17. The molecule has 0 spiro atoms. The topological polar surface area (TPSA) is 61.2 Å². The van der Waals surface area contributed by atoms with Crippen molar-refractivity contribution >= 4 is 17.6 Å². The third-order valence-electron chi connectivity index (χ3n) is 6.85. The van der Waals surface area contributed by atoms with Crippen molar-refractivity contribution in [2.45, 2.75) is 32.1 Å². The molecule has 0 N–H and O–H groups in total. The lowest BCUT2D eigenvalue weighted by Crippen LogP contribution is -2.23. The van der Waals surface area contributed by atoms with E-state index in [0.29, 0.717) is 16.9 Å². The van der Waals surface area contributed by atoms with Crippen LogP contribution < -0.4 is 5.56 Å². The SMILES string of the molecule is COC(=O)c1cccc(-c2cc(-n3c(C)cc([C@@H]4CC4c4ccc(F)cc4)c(Cl)c3=O)c(C)cn2)c1F. The highest BCUT2D eigenvalue weighted by Crippen LogP contribution is 2.55. The van der Waals surface area contributed by atoms with E-state index in [2.05, 4.69) is 9.72 Å². The Morgan fingerprint density at radius 3 is 2.51 bits per heavy atom. The highest BCUT2D eigenvalue weighted by atomic mass is 35.5. The predicted molar refractivity (Wildman–Crippen MR) is 138 cm³/mol. The number of halogens is 3. The average molecular weight is 521 g/mol. The van der Waals surface area contributed by atoms with E-state index in [9.17, 15) is 14.0 Å². The van der Waals surface area contributed by atoms with Crippen LogP contribution in [0.15, 0.2) is 65.6 Å². The van der Waals surface area contributed by atoms with Crippen molar-refractivity contribution < 1.29 is 18.3 Å². The number of hydrogen-bond donors (Lipinski definition) is 0. The molecule has 0 amide bonds. The van der Waals surface area contributed by atoms with Gasteiger partial charge in [-0.15, -0.1) is 0 Å². The molecule has 2 atom stereocenters. The number of carbonyl (C=O) groups excluding carboxylic acids is 1. The Balaban J connectivity index is 1.55. The predicted octanol–water partition coefficient (Wildman–Crippen LogP) is 6.51. The van der Waals surface area contributed by atoms with Crippen molar-refractivity contribution in [2.75, 3.05) is 7.11 Å². The Bertz CT molecular complexity index is 1600. The molecule has 2 heterocycles. The van der Waals surface area contributed by atoms with Crippen molar-refractivity contribution in [1.29, 1.82) is 0 Å². The molecule has 2 aromatic carbocycles. The smallest absolute Gasteiger partial charge is 0.340 e. The van der Waals surface area contributed by atoms with Crippen molar-refractivity contribution in [2.24, 2.45) is 0 Å². The third kappa shape index (κ3) is 4.44. The van der Waals surface area contributed by atoms with Crippen molar-refractivity contribution in [1.82, 2.24) is 9.55 Å². The fourth-order valence-electron chi connectivity index (χ4n) is 4.82. The summed E-state index contributed by atoms with van der Waals surface area (Å²) in [6.45, 7) is 3.61. The Morgan fingerprint density at radius 1 is 1.08 bits per heavy atom. The van der Waals surface area contributed by atoms with Crippen LogP contribution >= 0.6 is 11.6 Å². The van der Waals surface area contributed by atoms with E-state index in [4.69, 9.17) is 11.6 Å². The first-order valence-corrected chi connectivity index (χ1v) is 12.1. The number of benzene rings is 2. The number of methoxy groups -OCH3 is 1. The number of nitrogens with zero attached hydrogens (tertiary/aromatic N) is 2. The number of pyridine rings is 2. The second kappa shape index (κ2) is 9.56. The number of aryl methyl sites for hydroxylation is 2. The number of hydrogen-bond acceptors (Lipinski definition) is 4. The second-order valence-electron chi connectivity index (χ2n) is 9.21. The van der Waals surface area contributed by atoms with E-state index >= 15 is 4.39 Å². The van der Waals surface area contributed by atoms with Gasteiger partial charge in [0.1, 0.15) is 16.7 Å². The van der Waals surface area contributed by atoms with Gasteiger partial charge < -0.3 is 4.74 Å². The van der Waals surface area contributed by atoms with Crippen LogP contribution in [-0.4, -0.2) is 22.6 Å². The average Bonchev–Trinajstić information content (AvgIpc) is 3.68. The molecule has 5 nitrogen and oxygen atoms in total. The van der Waals surface area contributed by atoms with Gasteiger partial charge in [-0.1, -0.05) is 29.8 Å². The lowest BCUT2D eigenvalue weighted by atomic mass is 10.0. The van der Waals surface area contributed by atoms with Crippen LogP contribution in [0.4, 0.5) is 8.78 Å². The monoisotopic (exact) mass is 520 g/mol. The molecule has 188 valence electrons. The minimum Gasteiger partial charge on any atom is -0.465 e. The maximum absolute atomic E-state index is 15.1. The van der Waals surface area contributed by atoms with Crippen LogP contribution in [0.25, 0.3) is 16.9 Å². The van der Waals surface area contributed by atoms with E-state index in [-0.39, 0.29) is 45.1 Å². The number of ether oxygens (including phenoxy) is 1. The summed E-state index contributed by atoms with van der Waals surface area (Å²) >= 11 is 6.62. The van der Waals surface area contributed by atoms with Gasteiger partial charge in [0.05, 0.1) is 24.1 Å². The van der Waals surface area contributed by atoms with Gasteiger partial charge in [0, 0.05) is 17.5 Å². The Morgan fingerprint density at radius 2 is 1.81 bits per heavy atom. The first-order valence-electron chi connectivity index (χ1n) is 11.7. The maximum Gasteiger partial charge on any atom is 0.340 e. The zero-order chi connectivity index (χ0) is 26.4. The van der Waals surface area contributed by atoms with Crippen molar-refractivity contribution in [3.05, 3.63) is 116 Å². The molecule has 8 heteroatoms. The van der Waals surface area contributed by atoms with E-state index in [1.807, 2.05) is 13.0 Å². The van der Waals surface area contributed by atoms with Crippen LogP contribution in [0.2, 0.25) is 5.02 Å². The van der Waals surface area contributed by atoms with Gasteiger partial charge in [0.25, 0.3) is 5.56 Å². The summed E-state index contributed by atoms with van der Waals surface area (Å²) in [6.07, 6.45) is 2.37. The number of carbonyl (C=O) groups is 1. The van der Waals surface area contributed by atoms with E-state index in [1.54, 1.807) is 37.4 Å². The van der Waals surface area contributed by atoms with E-state index < -0.39 is 11.8 Å². The summed E-state index contributed by atoms with van der Waals surface area (Å²) in [7, 11) is 1.18. The molecule has 4 aromatic rings. The molecule has 2 aromatic heterocycles. The molecule has 5 rings (SSSR count). The molecule has 1 saturated carbocycles. The maximum atomic E-state index is 15.1. The van der Waals surface area contributed by atoms with Crippen LogP contribution in [0.5, 0.6) is 0 Å². The van der Waals surface area contributed by atoms with Crippen LogP contribution in [0.3, 0.4) is 0 Å². The lowest BCUT2D eigenvalue weighted by molar-refractivity contribution is 0.0595. The highest BCUT2D eigenvalue weighted by molar-refractivity contribution is 6.31. The van der Waals surface area contributed by atoms with Gasteiger partial charge >= 0.3 is 5.97 Å². The number of aromatic nitrogens is 2. The summed E-state index contributed by atoms with van der Waals surface area (Å²) in [4.78, 5) is 29.8.